The molecule has 4 nitrogen and oxygen atoms in total. The van der Waals surface area contributed by atoms with Crippen LogP contribution in [-0.4, -0.2) is 32.8 Å². The molecule has 1 aliphatic heterocycles. The largest absolute Gasteiger partial charge is 0.364 e. The van der Waals surface area contributed by atoms with Gasteiger partial charge in [0.25, 0.3) is 0 Å². The van der Waals surface area contributed by atoms with Gasteiger partial charge in [0.2, 0.25) is 0 Å². The van der Waals surface area contributed by atoms with E-state index in [1.165, 1.54) is 0 Å². The summed E-state index contributed by atoms with van der Waals surface area (Å²) in [5.74, 6) is 0. The lowest BCUT2D eigenvalue weighted by molar-refractivity contribution is -0.223. The molecule has 66 valence electrons. The van der Waals surface area contributed by atoms with Gasteiger partial charge in [0.05, 0.1) is 5.54 Å². The zero-order valence-electron chi connectivity index (χ0n) is 7.42. The monoisotopic (exact) mass is 160 g/mol. The van der Waals surface area contributed by atoms with Gasteiger partial charge in [0.15, 0.2) is 6.35 Å². The van der Waals surface area contributed by atoms with Crippen molar-refractivity contribution in [2.24, 2.45) is 0 Å². The topological polar surface area (TPSA) is 55.7 Å². The SMILES string of the molecule is CC1(C)NC(O)N(O)C1(C)C. The molecule has 0 bridgehead atoms. The standard InChI is InChI=1S/C7H16N2O2/c1-6(2)7(3,4)9(11)5(10)8-6/h5,8,10-11H,1-4H3. The number of hydrogen-bond donors (Lipinski definition) is 3. The molecule has 0 aromatic heterocycles. The Morgan fingerprint density at radius 1 is 1.27 bits per heavy atom. The van der Waals surface area contributed by atoms with Crippen molar-refractivity contribution in [1.82, 2.24) is 10.4 Å². The molecule has 1 atom stereocenters. The van der Waals surface area contributed by atoms with Gasteiger partial charge in [-0.2, -0.15) is 0 Å². The fourth-order valence-electron chi connectivity index (χ4n) is 1.15. The van der Waals surface area contributed by atoms with Gasteiger partial charge in [-0.1, -0.05) is 0 Å². The number of aliphatic hydroxyl groups excluding tert-OH is 1. The van der Waals surface area contributed by atoms with Crippen LogP contribution in [0.3, 0.4) is 0 Å². The van der Waals surface area contributed by atoms with E-state index >= 15 is 0 Å². The first-order chi connectivity index (χ1) is 4.79. The van der Waals surface area contributed by atoms with Crippen LogP contribution in [-0.2, 0) is 0 Å². The lowest BCUT2D eigenvalue weighted by Crippen LogP contribution is -2.52. The zero-order valence-corrected chi connectivity index (χ0v) is 7.42. The van der Waals surface area contributed by atoms with E-state index in [1.807, 2.05) is 27.7 Å². The van der Waals surface area contributed by atoms with Crippen molar-refractivity contribution >= 4 is 0 Å². The maximum atomic E-state index is 9.38. The minimum Gasteiger partial charge on any atom is -0.364 e. The van der Waals surface area contributed by atoms with E-state index in [0.29, 0.717) is 0 Å². The van der Waals surface area contributed by atoms with Crippen molar-refractivity contribution in [3.63, 3.8) is 0 Å². The number of rotatable bonds is 0. The number of hydrogen-bond acceptors (Lipinski definition) is 4. The summed E-state index contributed by atoms with van der Waals surface area (Å²) in [4.78, 5) is 0. The Bertz CT molecular complexity index is 168. The lowest BCUT2D eigenvalue weighted by Gasteiger charge is -2.35. The zero-order chi connectivity index (χ0) is 8.86. The highest BCUT2D eigenvalue weighted by Gasteiger charge is 2.51. The number of hydroxylamine groups is 2. The molecule has 0 amide bonds. The minimum atomic E-state index is -0.958. The molecule has 0 spiro atoms. The first-order valence-electron chi connectivity index (χ1n) is 3.73. The summed E-state index contributed by atoms with van der Waals surface area (Å²) in [5.41, 5.74) is -0.742. The highest BCUT2D eigenvalue weighted by molar-refractivity contribution is 5.04. The molecular weight excluding hydrogens is 144 g/mol. The second-order valence-electron chi connectivity index (χ2n) is 4.05. The summed E-state index contributed by atoms with van der Waals surface area (Å²) < 4.78 is 0. The van der Waals surface area contributed by atoms with Gasteiger partial charge in [0, 0.05) is 5.54 Å². The second-order valence-corrected chi connectivity index (χ2v) is 4.05. The number of aliphatic hydroxyl groups is 1. The van der Waals surface area contributed by atoms with E-state index in [1.54, 1.807) is 0 Å². The van der Waals surface area contributed by atoms with Gasteiger partial charge in [0.1, 0.15) is 0 Å². The Balaban J connectivity index is 2.92. The molecule has 1 rings (SSSR count). The molecule has 11 heavy (non-hydrogen) atoms. The summed E-state index contributed by atoms with van der Waals surface area (Å²) in [6.45, 7) is 7.62. The van der Waals surface area contributed by atoms with Gasteiger partial charge in [-0.25, -0.2) is 0 Å². The summed E-state index contributed by atoms with van der Waals surface area (Å²) in [5, 5.41) is 22.4. The maximum absolute atomic E-state index is 9.38. The summed E-state index contributed by atoms with van der Waals surface area (Å²) in [6, 6.07) is 0. The minimum absolute atomic E-state index is 0.291. The molecule has 0 saturated carbocycles. The van der Waals surface area contributed by atoms with E-state index in [4.69, 9.17) is 0 Å². The molecule has 0 aromatic rings. The maximum Gasteiger partial charge on any atom is 0.186 e. The molecule has 0 aliphatic carbocycles. The fourth-order valence-corrected chi connectivity index (χ4v) is 1.15. The van der Waals surface area contributed by atoms with Crippen molar-refractivity contribution in [1.29, 1.82) is 0 Å². The highest BCUT2D eigenvalue weighted by Crippen LogP contribution is 2.33. The summed E-state index contributed by atoms with van der Waals surface area (Å²) in [6.07, 6.45) is -0.958. The van der Waals surface area contributed by atoms with Gasteiger partial charge in [-0.05, 0) is 27.7 Å². The normalized spacial score (nSPS) is 36.0. The lowest BCUT2D eigenvalue weighted by atomic mass is 9.84. The van der Waals surface area contributed by atoms with Gasteiger partial charge in [-0.3, -0.25) is 5.32 Å². The van der Waals surface area contributed by atoms with Crippen LogP contribution in [0.25, 0.3) is 0 Å². The molecule has 4 heteroatoms. The van der Waals surface area contributed by atoms with Crippen LogP contribution in [0, 0.1) is 0 Å². The Hall–Kier alpha value is -0.160. The van der Waals surface area contributed by atoms with Crippen molar-refractivity contribution in [2.75, 3.05) is 0 Å². The van der Waals surface area contributed by atoms with Gasteiger partial charge < -0.3 is 10.3 Å². The van der Waals surface area contributed by atoms with Crippen molar-refractivity contribution in [3.05, 3.63) is 0 Å². The van der Waals surface area contributed by atoms with E-state index in [0.717, 1.165) is 5.06 Å². The van der Waals surface area contributed by atoms with E-state index in [-0.39, 0.29) is 5.54 Å². The first kappa shape index (κ1) is 8.93. The molecule has 1 fully saturated rings. The highest BCUT2D eigenvalue weighted by atomic mass is 16.6. The smallest absolute Gasteiger partial charge is 0.186 e. The van der Waals surface area contributed by atoms with Crippen LogP contribution in [0.2, 0.25) is 0 Å². The third-order valence-electron chi connectivity index (χ3n) is 2.82. The number of nitrogens with zero attached hydrogens (tertiary/aromatic N) is 1. The Morgan fingerprint density at radius 3 is 1.82 bits per heavy atom. The summed E-state index contributed by atoms with van der Waals surface area (Å²) >= 11 is 0. The van der Waals surface area contributed by atoms with Crippen LogP contribution in [0.15, 0.2) is 0 Å². The third-order valence-corrected chi connectivity index (χ3v) is 2.82. The van der Waals surface area contributed by atoms with Crippen LogP contribution in [0.1, 0.15) is 27.7 Å². The van der Waals surface area contributed by atoms with Crippen LogP contribution in [0.4, 0.5) is 0 Å². The van der Waals surface area contributed by atoms with Crippen molar-refractivity contribution in [3.8, 4) is 0 Å². The number of nitrogens with one attached hydrogen (secondary N) is 1. The molecule has 3 N–H and O–H groups in total. The van der Waals surface area contributed by atoms with Crippen molar-refractivity contribution in [2.45, 2.75) is 45.1 Å². The summed E-state index contributed by atoms with van der Waals surface area (Å²) in [7, 11) is 0. The van der Waals surface area contributed by atoms with Gasteiger partial charge >= 0.3 is 0 Å². The average Bonchev–Trinajstić information content (AvgIpc) is 1.93. The van der Waals surface area contributed by atoms with E-state index in [9.17, 15) is 10.3 Å². The van der Waals surface area contributed by atoms with Crippen LogP contribution < -0.4 is 5.32 Å². The molecule has 0 radical (unpaired) electrons. The Morgan fingerprint density at radius 2 is 1.73 bits per heavy atom. The average molecular weight is 160 g/mol. The molecule has 0 aromatic carbocycles. The third kappa shape index (κ3) is 1.06. The molecule has 1 heterocycles. The second kappa shape index (κ2) is 2.17. The predicted molar refractivity (Wildman–Crippen MR) is 40.9 cm³/mol. The molecule has 1 aliphatic rings. The van der Waals surface area contributed by atoms with E-state index < -0.39 is 11.9 Å². The quantitative estimate of drug-likeness (QED) is 0.471. The van der Waals surface area contributed by atoms with Crippen LogP contribution >= 0.6 is 0 Å². The van der Waals surface area contributed by atoms with Crippen LogP contribution in [0.5, 0.6) is 0 Å². The van der Waals surface area contributed by atoms with Crippen molar-refractivity contribution < 1.29 is 10.3 Å². The predicted octanol–water partition coefficient (Wildman–Crippen LogP) is 0.114. The molecule has 1 unspecified atom stereocenters. The fraction of sp³-hybridized carbons (Fsp3) is 1.00. The molecular formula is C7H16N2O2. The first-order valence-corrected chi connectivity index (χ1v) is 3.73. The Kier molecular flexibility index (Phi) is 1.76. The van der Waals surface area contributed by atoms with Gasteiger partial charge in [-0.15, -0.1) is 5.06 Å². The molecule has 1 saturated heterocycles. The Labute approximate surface area is 66.8 Å². The van der Waals surface area contributed by atoms with E-state index in [2.05, 4.69) is 5.32 Å².